The van der Waals surface area contributed by atoms with Gasteiger partial charge in [0.1, 0.15) is 12.6 Å². The van der Waals surface area contributed by atoms with Crippen LogP contribution in [-0.2, 0) is 14.3 Å². The highest BCUT2D eigenvalue weighted by Crippen LogP contribution is 2.15. The Balaban J connectivity index is 1.91. The highest BCUT2D eigenvalue weighted by Gasteiger charge is 2.29. The molecule has 1 saturated heterocycles. The van der Waals surface area contributed by atoms with E-state index in [1.54, 1.807) is 31.2 Å². The highest BCUT2D eigenvalue weighted by molar-refractivity contribution is 5.99. The summed E-state index contributed by atoms with van der Waals surface area (Å²) in [6.07, 6.45) is 0. The quantitative estimate of drug-likeness (QED) is 0.714. The Morgan fingerprint density at radius 1 is 1.30 bits per heavy atom. The zero-order valence-corrected chi connectivity index (χ0v) is 13.1. The molecule has 1 aromatic carbocycles. The number of ether oxygens (including phenoxy) is 1. The van der Waals surface area contributed by atoms with Crippen LogP contribution >= 0.6 is 0 Å². The van der Waals surface area contributed by atoms with Gasteiger partial charge in [0.05, 0.1) is 0 Å². The van der Waals surface area contributed by atoms with Gasteiger partial charge in [0.25, 0.3) is 5.91 Å². The van der Waals surface area contributed by atoms with E-state index in [-0.39, 0.29) is 24.5 Å². The first-order valence-corrected chi connectivity index (χ1v) is 7.26. The fourth-order valence-electron chi connectivity index (χ4n) is 2.21. The van der Waals surface area contributed by atoms with E-state index in [0.717, 1.165) is 5.69 Å². The minimum Gasteiger partial charge on any atom is -0.375 e. The smallest absolute Gasteiger partial charge is 0.324 e. The molecule has 2 rings (SSSR count). The second-order valence-electron chi connectivity index (χ2n) is 5.15. The van der Waals surface area contributed by atoms with Gasteiger partial charge >= 0.3 is 6.03 Å². The summed E-state index contributed by atoms with van der Waals surface area (Å²) in [5, 5.41) is 8.31. The van der Waals surface area contributed by atoms with Crippen LogP contribution in [0.4, 0.5) is 16.2 Å². The minimum absolute atomic E-state index is 0.0105. The predicted molar refractivity (Wildman–Crippen MR) is 85.1 cm³/mol. The standard InChI is InChI=1S/C15H20N4O4/c1-10(14(21)19-8-7-16-15(19)22)17-11-3-5-12(6-4-11)18-13(20)9-23-2/h3-6,10,17H,7-9H2,1-2H3,(H,16,22)(H,18,20). The Morgan fingerprint density at radius 2 is 1.96 bits per heavy atom. The summed E-state index contributed by atoms with van der Waals surface area (Å²) in [5.74, 6) is -0.519. The van der Waals surface area contributed by atoms with Crippen LogP contribution in [0, 0.1) is 0 Å². The largest absolute Gasteiger partial charge is 0.375 e. The molecule has 0 spiro atoms. The molecule has 0 aromatic heterocycles. The monoisotopic (exact) mass is 320 g/mol. The third-order valence-corrected chi connectivity index (χ3v) is 3.32. The van der Waals surface area contributed by atoms with Gasteiger partial charge in [-0.1, -0.05) is 0 Å². The van der Waals surface area contributed by atoms with Crippen molar-refractivity contribution in [3.63, 3.8) is 0 Å². The summed E-state index contributed by atoms with van der Waals surface area (Å²) < 4.78 is 4.74. The number of nitrogens with one attached hydrogen (secondary N) is 3. The Bertz CT molecular complexity index is 588. The fraction of sp³-hybridized carbons (Fsp3) is 0.400. The Morgan fingerprint density at radius 3 is 2.52 bits per heavy atom. The summed E-state index contributed by atoms with van der Waals surface area (Å²) in [4.78, 5) is 36.3. The number of hydrogen-bond donors (Lipinski definition) is 3. The van der Waals surface area contributed by atoms with E-state index < -0.39 is 6.04 Å². The maximum atomic E-state index is 12.2. The van der Waals surface area contributed by atoms with Crippen molar-refractivity contribution < 1.29 is 19.1 Å². The third-order valence-electron chi connectivity index (χ3n) is 3.32. The Labute approximate surface area is 134 Å². The number of methoxy groups -OCH3 is 1. The van der Waals surface area contributed by atoms with Crippen LogP contribution < -0.4 is 16.0 Å². The first kappa shape index (κ1) is 16.8. The van der Waals surface area contributed by atoms with Crippen molar-refractivity contribution in [2.75, 3.05) is 37.4 Å². The lowest BCUT2D eigenvalue weighted by Crippen LogP contribution is -2.43. The highest BCUT2D eigenvalue weighted by atomic mass is 16.5. The molecule has 23 heavy (non-hydrogen) atoms. The Kier molecular flexibility index (Phi) is 5.53. The fourth-order valence-corrected chi connectivity index (χ4v) is 2.21. The van der Waals surface area contributed by atoms with Gasteiger partial charge in [-0.25, -0.2) is 4.79 Å². The first-order chi connectivity index (χ1) is 11.0. The third kappa shape index (κ3) is 4.43. The molecule has 124 valence electrons. The van der Waals surface area contributed by atoms with Gasteiger partial charge < -0.3 is 20.7 Å². The molecule has 1 aliphatic rings. The number of nitrogens with zero attached hydrogens (tertiary/aromatic N) is 1. The van der Waals surface area contributed by atoms with Crippen LogP contribution in [0.2, 0.25) is 0 Å². The van der Waals surface area contributed by atoms with Gasteiger partial charge in [0, 0.05) is 31.6 Å². The molecule has 3 N–H and O–H groups in total. The molecule has 1 aliphatic heterocycles. The molecule has 1 fully saturated rings. The molecule has 0 aliphatic carbocycles. The molecule has 1 atom stereocenters. The number of amides is 4. The maximum Gasteiger partial charge on any atom is 0.324 e. The van der Waals surface area contributed by atoms with E-state index in [4.69, 9.17) is 4.74 Å². The SMILES string of the molecule is COCC(=O)Nc1ccc(NC(C)C(=O)N2CCNC2=O)cc1. The average molecular weight is 320 g/mol. The molecule has 4 amide bonds. The number of urea groups is 1. The number of hydrogen-bond acceptors (Lipinski definition) is 5. The van der Waals surface area contributed by atoms with Crippen molar-refractivity contribution in [1.29, 1.82) is 0 Å². The predicted octanol–water partition coefficient (Wildman–Crippen LogP) is 0.624. The van der Waals surface area contributed by atoms with E-state index in [0.29, 0.717) is 18.8 Å². The summed E-state index contributed by atoms with van der Waals surface area (Å²) in [7, 11) is 1.45. The zero-order valence-electron chi connectivity index (χ0n) is 13.1. The van der Waals surface area contributed by atoms with Crippen molar-refractivity contribution in [2.45, 2.75) is 13.0 Å². The van der Waals surface area contributed by atoms with Crippen LogP contribution in [0.15, 0.2) is 24.3 Å². The zero-order chi connectivity index (χ0) is 16.8. The second-order valence-corrected chi connectivity index (χ2v) is 5.15. The van der Waals surface area contributed by atoms with Crippen LogP contribution in [0.25, 0.3) is 0 Å². The number of rotatable bonds is 6. The average Bonchev–Trinajstić information content (AvgIpc) is 2.94. The van der Waals surface area contributed by atoms with Crippen LogP contribution in [0.5, 0.6) is 0 Å². The van der Waals surface area contributed by atoms with E-state index in [9.17, 15) is 14.4 Å². The first-order valence-electron chi connectivity index (χ1n) is 7.26. The van der Waals surface area contributed by atoms with E-state index in [1.165, 1.54) is 12.0 Å². The molecule has 1 unspecified atom stereocenters. The molecule has 0 bridgehead atoms. The van der Waals surface area contributed by atoms with Crippen LogP contribution in [0.1, 0.15) is 6.92 Å². The molecule has 1 heterocycles. The topological polar surface area (TPSA) is 99.8 Å². The molecule has 0 saturated carbocycles. The lowest BCUT2D eigenvalue weighted by Gasteiger charge is -2.19. The molecular weight excluding hydrogens is 300 g/mol. The second kappa shape index (κ2) is 7.59. The van der Waals surface area contributed by atoms with Crippen molar-refractivity contribution >= 4 is 29.2 Å². The molecule has 8 heteroatoms. The number of carbonyl (C=O) groups excluding carboxylic acids is 3. The van der Waals surface area contributed by atoms with E-state index in [1.807, 2.05) is 0 Å². The normalized spacial score (nSPS) is 15.0. The van der Waals surface area contributed by atoms with E-state index >= 15 is 0 Å². The van der Waals surface area contributed by atoms with Crippen molar-refractivity contribution in [3.8, 4) is 0 Å². The van der Waals surface area contributed by atoms with Gasteiger partial charge in [-0.2, -0.15) is 0 Å². The maximum absolute atomic E-state index is 12.2. The van der Waals surface area contributed by atoms with Gasteiger partial charge in [-0.15, -0.1) is 0 Å². The van der Waals surface area contributed by atoms with Gasteiger partial charge in [0.15, 0.2) is 0 Å². The lowest BCUT2D eigenvalue weighted by atomic mass is 10.2. The summed E-state index contributed by atoms with van der Waals surface area (Å²) in [6.45, 7) is 2.55. The molecular formula is C15H20N4O4. The van der Waals surface area contributed by atoms with Crippen molar-refractivity contribution in [1.82, 2.24) is 10.2 Å². The van der Waals surface area contributed by atoms with Gasteiger partial charge in [0.2, 0.25) is 5.91 Å². The van der Waals surface area contributed by atoms with Gasteiger partial charge in [-0.3, -0.25) is 14.5 Å². The summed E-state index contributed by atoms with van der Waals surface area (Å²) >= 11 is 0. The van der Waals surface area contributed by atoms with Crippen molar-refractivity contribution in [3.05, 3.63) is 24.3 Å². The van der Waals surface area contributed by atoms with Crippen LogP contribution in [0.3, 0.4) is 0 Å². The molecule has 8 nitrogen and oxygen atoms in total. The number of benzene rings is 1. The summed E-state index contributed by atoms with van der Waals surface area (Å²) in [6, 6.07) is 6.03. The number of anilines is 2. The Hall–Kier alpha value is -2.61. The minimum atomic E-state index is -0.534. The number of imide groups is 1. The lowest BCUT2D eigenvalue weighted by molar-refractivity contribution is -0.128. The van der Waals surface area contributed by atoms with E-state index in [2.05, 4.69) is 16.0 Å². The van der Waals surface area contributed by atoms with Crippen LogP contribution in [-0.4, -0.2) is 55.6 Å². The number of carbonyl (C=O) groups is 3. The molecule has 1 aromatic rings. The summed E-state index contributed by atoms with van der Waals surface area (Å²) in [5.41, 5.74) is 1.35. The molecule has 0 radical (unpaired) electrons. The van der Waals surface area contributed by atoms with Gasteiger partial charge in [-0.05, 0) is 31.2 Å². The van der Waals surface area contributed by atoms with Crippen molar-refractivity contribution in [2.24, 2.45) is 0 Å².